The lowest BCUT2D eigenvalue weighted by Crippen LogP contribution is -2.24. The number of amides is 2. The highest BCUT2D eigenvalue weighted by molar-refractivity contribution is 6.02. The van der Waals surface area contributed by atoms with Crippen LogP contribution in [0.15, 0.2) is 36.9 Å². The number of aliphatic hydroxyl groups is 2. The maximum Gasteiger partial charge on any atom is 0.324 e. The number of hydrogen-bond donors (Lipinski definition) is 4. The molecule has 3 heterocycles. The first-order valence-corrected chi connectivity index (χ1v) is 8.81. The molecule has 1 aliphatic rings. The Morgan fingerprint density at radius 2 is 2.04 bits per heavy atom. The third-order valence-corrected chi connectivity index (χ3v) is 4.59. The van der Waals surface area contributed by atoms with Crippen LogP contribution in [0.4, 0.5) is 16.3 Å². The lowest BCUT2D eigenvalue weighted by Gasteiger charge is -2.13. The van der Waals surface area contributed by atoms with Gasteiger partial charge in [0.1, 0.15) is 18.7 Å². The number of rotatable bonds is 4. The van der Waals surface area contributed by atoms with Gasteiger partial charge in [-0.25, -0.2) is 19.7 Å². The number of nitrogens with one attached hydrogen (secondary N) is 2. The Kier molecular flexibility index (Phi) is 4.90. The van der Waals surface area contributed by atoms with Gasteiger partial charge in [-0.2, -0.15) is 0 Å². The Labute approximate surface area is 160 Å². The fourth-order valence-electron chi connectivity index (χ4n) is 3.11. The van der Waals surface area contributed by atoms with Crippen LogP contribution in [-0.4, -0.2) is 54.6 Å². The second-order valence-electron chi connectivity index (χ2n) is 6.61. The van der Waals surface area contributed by atoms with Crippen molar-refractivity contribution in [2.75, 3.05) is 17.2 Å². The number of aromatic nitrogens is 4. The quantitative estimate of drug-likeness (QED) is 0.534. The molecule has 146 valence electrons. The first-order valence-electron chi connectivity index (χ1n) is 8.81. The molecule has 10 heteroatoms. The molecule has 4 rings (SSSR count). The van der Waals surface area contributed by atoms with Crippen molar-refractivity contribution in [1.82, 2.24) is 19.5 Å². The van der Waals surface area contributed by atoms with Gasteiger partial charge in [0.25, 0.3) is 0 Å². The number of aliphatic hydroxyl groups excluding tert-OH is 2. The van der Waals surface area contributed by atoms with Crippen molar-refractivity contribution < 1.29 is 19.7 Å². The standard InChI is InChI=1S/C18H20N6O4/c1-10-2-4-11(5-3-10)22-18(27)23-16-15-17(20-8-19-16)24(9-21-15)14-6-12(26)13(7-25)28-14/h2-5,8-9,12-14,25-26H,6-7H2,1H3,(H2,19,20,22,23,27). The number of anilines is 2. The van der Waals surface area contributed by atoms with Crippen molar-refractivity contribution >= 4 is 28.7 Å². The number of ether oxygens (including phenoxy) is 1. The van der Waals surface area contributed by atoms with E-state index in [0.29, 0.717) is 23.3 Å². The summed E-state index contributed by atoms with van der Waals surface area (Å²) in [6.07, 6.45) is 1.20. The normalized spacial score (nSPS) is 21.8. The summed E-state index contributed by atoms with van der Waals surface area (Å²) < 4.78 is 7.30. The summed E-state index contributed by atoms with van der Waals surface area (Å²) in [5.74, 6) is 0.255. The SMILES string of the molecule is Cc1ccc(NC(=O)Nc2ncnc3c2ncn3C2CC(O)C(CO)O2)cc1. The first kappa shape index (κ1) is 18.3. The molecular formula is C18H20N6O4. The van der Waals surface area contributed by atoms with Crippen molar-refractivity contribution in [2.45, 2.75) is 31.8 Å². The molecule has 0 bridgehead atoms. The van der Waals surface area contributed by atoms with Gasteiger partial charge >= 0.3 is 6.03 Å². The smallest absolute Gasteiger partial charge is 0.324 e. The third-order valence-electron chi connectivity index (χ3n) is 4.59. The highest BCUT2D eigenvalue weighted by Crippen LogP contribution is 2.31. The molecule has 3 unspecified atom stereocenters. The van der Waals surface area contributed by atoms with Crippen LogP contribution in [0.2, 0.25) is 0 Å². The van der Waals surface area contributed by atoms with Gasteiger partial charge in [0.05, 0.1) is 19.0 Å². The van der Waals surface area contributed by atoms with Gasteiger partial charge < -0.3 is 20.3 Å². The fraction of sp³-hybridized carbons (Fsp3) is 0.333. The zero-order valence-corrected chi connectivity index (χ0v) is 15.1. The Morgan fingerprint density at radius 3 is 2.75 bits per heavy atom. The topological polar surface area (TPSA) is 134 Å². The maximum atomic E-state index is 12.3. The number of fused-ring (bicyclic) bond motifs is 1. The Balaban J connectivity index is 1.53. The number of aryl methyl sites for hydroxylation is 1. The van der Waals surface area contributed by atoms with Crippen LogP contribution in [-0.2, 0) is 4.74 Å². The van der Waals surface area contributed by atoms with E-state index in [0.717, 1.165) is 5.56 Å². The number of carbonyl (C=O) groups excluding carboxylic acids is 1. The summed E-state index contributed by atoms with van der Waals surface area (Å²) in [4.78, 5) is 24.9. The molecule has 0 spiro atoms. The largest absolute Gasteiger partial charge is 0.394 e. The van der Waals surface area contributed by atoms with E-state index in [-0.39, 0.29) is 12.4 Å². The molecule has 28 heavy (non-hydrogen) atoms. The van der Waals surface area contributed by atoms with E-state index in [1.807, 2.05) is 19.1 Å². The number of imidazole rings is 1. The highest BCUT2D eigenvalue weighted by Gasteiger charge is 2.35. The van der Waals surface area contributed by atoms with Gasteiger partial charge in [-0.3, -0.25) is 9.88 Å². The fourth-order valence-corrected chi connectivity index (χ4v) is 3.11. The van der Waals surface area contributed by atoms with E-state index in [2.05, 4.69) is 25.6 Å². The average molecular weight is 384 g/mol. The summed E-state index contributed by atoms with van der Waals surface area (Å²) in [5, 5.41) is 24.6. The minimum atomic E-state index is -0.771. The van der Waals surface area contributed by atoms with E-state index >= 15 is 0 Å². The second kappa shape index (κ2) is 7.50. The molecule has 3 atom stereocenters. The molecule has 4 N–H and O–H groups in total. The van der Waals surface area contributed by atoms with Crippen molar-refractivity contribution in [3.63, 3.8) is 0 Å². The van der Waals surface area contributed by atoms with Crippen molar-refractivity contribution in [3.8, 4) is 0 Å². The number of hydrogen-bond acceptors (Lipinski definition) is 7. The number of carbonyl (C=O) groups is 1. The summed E-state index contributed by atoms with van der Waals surface area (Å²) in [7, 11) is 0. The van der Waals surface area contributed by atoms with Crippen LogP contribution in [0.3, 0.4) is 0 Å². The predicted molar refractivity (Wildman–Crippen MR) is 101 cm³/mol. The van der Waals surface area contributed by atoms with Crippen LogP contribution >= 0.6 is 0 Å². The monoisotopic (exact) mass is 384 g/mol. The zero-order chi connectivity index (χ0) is 19.7. The van der Waals surface area contributed by atoms with Crippen LogP contribution in [0, 0.1) is 6.92 Å². The Hall–Kier alpha value is -3.08. The highest BCUT2D eigenvalue weighted by atomic mass is 16.5. The molecule has 0 saturated carbocycles. The average Bonchev–Trinajstić information content (AvgIpc) is 3.27. The van der Waals surface area contributed by atoms with Crippen molar-refractivity contribution in [1.29, 1.82) is 0 Å². The van der Waals surface area contributed by atoms with E-state index in [9.17, 15) is 15.0 Å². The lowest BCUT2D eigenvalue weighted by atomic mass is 10.2. The van der Waals surface area contributed by atoms with E-state index in [1.165, 1.54) is 12.7 Å². The summed E-state index contributed by atoms with van der Waals surface area (Å²) in [6.45, 7) is 1.69. The minimum Gasteiger partial charge on any atom is -0.394 e. The van der Waals surface area contributed by atoms with Gasteiger partial charge in [0.15, 0.2) is 17.0 Å². The van der Waals surface area contributed by atoms with Gasteiger partial charge in [-0.05, 0) is 19.1 Å². The van der Waals surface area contributed by atoms with Crippen molar-refractivity contribution in [3.05, 3.63) is 42.5 Å². The van der Waals surface area contributed by atoms with Crippen LogP contribution in [0.5, 0.6) is 0 Å². The number of nitrogens with zero attached hydrogens (tertiary/aromatic N) is 4. The zero-order valence-electron chi connectivity index (χ0n) is 15.1. The summed E-state index contributed by atoms with van der Waals surface area (Å²) in [5.41, 5.74) is 2.60. The molecule has 1 aromatic carbocycles. The van der Waals surface area contributed by atoms with E-state index in [4.69, 9.17) is 4.74 Å². The molecule has 3 aromatic rings. The Morgan fingerprint density at radius 1 is 1.25 bits per heavy atom. The predicted octanol–water partition coefficient (Wildman–Crippen LogP) is 1.42. The minimum absolute atomic E-state index is 0.255. The van der Waals surface area contributed by atoms with E-state index in [1.54, 1.807) is 16.7 Å². The molecule has 10 nitrogen and oxygen atoms in total. The number of benzene rings is 1. The first-order chi connectivity index (χ1) is 13.5. The lowest BCUT2D eigenvalue weighted by molar-refractivity contribution is -0.0432. The molecule has 0 aliphatic carbocycles. The number of urea groups is 1. The van der Waals surface area contributed by atoms with Gasteiger partial charge in [-0.1, -0.05) is 17.7 Å². The summed E-state index contributed by atoms with van der Waals surface area (Å²) in [6, 6.07) is 6.95. The second-order valence-corrected chi connectivity index (χ2v) is 6.61. The van der Waals surface area contributed by atoms with E-state index < -0.39 is 24.5 Å². The molecule has 2 amide bonds. The molecule has 1 saturated heterocycles. The van der Waals surface area contributed by atoms with Crippen LogP contribution in [0.25, 0.3) is 11.2 Å². The molecule has 1 aliphatic heterocycles. The van der Waals surface area contributed by atoms with Gasteiger partial charge in [0.2, 0.25) is 0 Å². The van der Waals surface area contributed by atoms with Gasteiger partial charge in [-0.15, -0.1) is 0 Å². The van der Waals surface area contributed by atoms with Crippen LogP contribution < -0.4 is 10.6 Å². The third kappa shape index (κ3) is 3.52. The maximum absolute atomic E-state index is 12.3. The molecule has 1 fully saturated rings. The Bertz CT molecular complexity index is 989. The van der Waals surface area contributed by atoms with Gasteiger partial charge in [0, 0.05) is 12.1 Å². The molecule has 2 aromatic heterocycles. The summed E-state index contributed by atoms with van der Waals surface area (Å²) >= 11 is 0. The molecular weight excluding hydrogens is 364 g/mol. The molecule has 0 radical (unpaired) electrons. The van der Waals surface area contributed by atoms with Crippen LogP contribution in [0.1, 0.15) is 18.2 Å². The van der Waals surface area contributed by atoms with Crippen molar-refractivity contribution in [2.24, 2.45) is 0 Å².